The Bertz CT molecular complexity index is 2840. The molecule has 0 saturated carbocycles. The highest BCUT2D eigenvalue weighted by atomic mass is 32.1. The number of furan rings is 1. The van der Waals surface area contributed by atoms with E-state index in [0.29, 0.717) is 17.5 Å². The van der Waals surface area contributed by atoms with Gasteiger partial charge in [-0.1, -0.05) is 121 Å². The zero-order valence-corrected chi connectivity index (χ0v) is 27.6. The van der Waals surface area contributed by atoms with Gasteiger partial charge in [0, 0.05) is 37.0 Å². The van der Waals surface area contributed by atoms with Gasteiger partial charge < -0.3 is 4.42 Å². The predicted molar refractivity (Wildman–Crippen MR) is 207 cm³/mol. The summed E-state index contributed by atoms with van der Waals surface area (Å²) in [5.74, 6) is 1.84. The lowest BCUT2D eigenvalue weighted by Gasteiger charge is -2.10. The smallest absolute Gasteiger partial charge is 0.164 e. The van der Waals surface area contributed by atoms with Crippen molar-refractivity contribution in [3.05, 3.63) is 164 Å². The van der Waals surface area contributed by atoms with E-state index in [0.717, 1.165) is 49.4 Å². The van der Waals surface area contributed by atoms with Crippen molar-refractivity contribution in [1.82, 2.24) is 15.0 Å². The maximum atomic E-state index is 6.24. The van der Waals surface area contributed by atoms with E-state index in [1.54, 1.807) is 11.3 Å². The molecule has 3 heterocycles. The van der Waals surface area contributed by atoms with Crippen molar-refractivity contribution in [2.75, 3.05) is 0 Å². The molecule has 0 atom stereocenters. The summed E-state index contributed by atoms with van der Waals surface area (Å²) >= 11 is 1.80. The number of benzene rings is 7. The molecule has 234 valence electrons. The molecule has 0 fully saturated rings. The molecule has 0 bridgehead atoms. The molecule has 7 aromatic carbocycles. The van der Waals surface area contributed by atoms with Gasteiger partial charge in [0.15, 0.2) is 17.5 Å². The molecule has 10 aromatic rings. The third kappa shape index (κ3) is 5.04. The minimum Gasteiger partial charge on any atom is -0.456 e. The number of hydrogen-bond acceptors (Lipinski definition) is 5. The Kier molecular flexibility index (Phi) is 6.64. The molecule has 0 unspecified atom stereocenters. The molecule has 50 heavy (non-hydrogen) atoms. The van der Waals surface area contributed by atoms with Crippen LogP contribution < -0.4 is 0 Å². The van der Waals surface area contributed by atoms with Gasteiger partial charge in [-0.2, -0.15) is 0 Å². The highest BCUT2D eigenvalue weighted by Gasteiger charge is 2.16. The van der Waals surface area contributed by atoms with Crippen molar-refractivity contribution in [1.29, 1.82) is 0 Å². The molecule has 0 aliphatic heterocycles. The van der Waals surface area contributed by atoms with Crippen LogP contribution in [0.2, 0.25) is 0 Å². The van der Waals surface area contributed by atoms with E-state index in [4.69, 9.17) is 19.4 Å². The van der Waals surface area contributed by atoms with Gasteiger partial charge >= 0.3 is 0 Å². The molecule has 0 amide bonds. The summed E-state index contributed by atoms with van der Waals surface area (Å²) in [5, 5.41) is 5.71. The van der Waals surface area contributed by atoms with Crippen molar-refractivity contribution in [2.45, 2.75) is 0 Å². The van der Waals surface area contributed by atoms with Gasteiger partial charge in [-0.25, -0.2) is 15.0 Å². The first-order valence-electron chi connectivity index (χ1n) is 16.6. The quantitative estimate of drug-likeness (QED) is 0.185. The lowest BCUT2D eigenvalue weighted by atomic mass is 10.00. The monoisotopic (exact) mass is 657 g/mol. The van der Waals surface area contributed by atoms with Crippen LogP contribution in [0.25, 0.3) is 98.5 Å². The molecular formula is C45H27N3OS. The van der Waals surface area contributed by atoms with Crippen molar-refractivity contribution >= 4 is 54.1 Å². The second-order valence-corrected chi connectivity index (χ2v) is 13.6. The Balaban J connectivity index is 1.09. The molecule has 0 spiro atoms. The lowest BCUT2D eigenvalue weighted by molar-refractivity contribution is 0.669. The van der Waals surface area contributed by atoms with Crippen molar-refractivity contribution < 1.29 is 4.42 Å². The zero-order chi connectivity index (χ0) is 33.0. The third-order valence-corrected chi connectivity index (χ3v) is 10.5. The van der Waals surface area contributed by atoms with E-state index in [2.05, 4.69) is 133 Å². The fourth-order valence-electron chi connectivity index (χ4n) is 6.73. The van der Waals surface area contributed by atoms with Crippen LogP contribution in [-0.2, 0) is 0 Å². The highest BCUT2D eigenvalue weighted by Crippen LogP contribution is 2.36. The van der Waals surface area contributed by atoms with E-state index in [1.165, 1.54) is 31.7 Å². The summed E-state index contributed by atoms with van der Waals surface area (Å²) in [6.45, 7) is 0. The van der Waals surface area contributed by atoms with E-state index >= 15 is 0 Å². The van der Waals surface area contributed by atoms with Crippen molar-refractivity contribution in [3.8, 4) is 55.7 Å². The standard InChI is InChI=1S/C45H27N3OS/c1-2-8-28(9-3-1)31-18-19-33-25-35(21-20-32(33)24-31)44-46-43(30-16-14-29(15-17-30)42-27-34-10-4-7-13-41(34)50-42)47-45(48-44)36-22-23-38-37-11-5-6-12-39(37)49-40(38)26-36/h1-27H. The molecule has 0 aliphatic carbocycles. The summed E-state index contributed by atoms with van der Waals surface area (Å²) < 4.78 is 7.52. The molecule has 0 radical (unpaired) electrons. The molecule has 0 saturated heterocycles. The number of nitrogens with zero attached hydrogens (tertiary/aromatic N) is 3. The zero-order valence-electron chi connectivity index (χ0n) is 26.7. The number of para-hydroxylation sites is 1. The summed E-state index contributed by atoms with van der Waals surface area (Å²) in [4.78, 5) is 16.4. The first-order chi connectivity index (χ1) is 24.7. The Labute approximate surface area is 292 Å². The van der Waals surface area contributed by atoms with Gasteiger partial charge in [0.2, 0.25) is 0 Å². The van der Waals surface area contributed by atoms with Crippen molar-refractivity contribution in [3.63, 3.8) is 0 Å². The van der Waals surface area contributed by atoms with Crippen LogP contribution >= 0.6 is 11.3 Å². The molecular weight excluding hydrogens is 631 g/mol. The molecule has 4 nitrogen and oxygen atoms in total. The normalized spacial score (nSPS) is 11.6. The SMILES string of the molecule is c1ccc(-c2ccc3cc(-c4nc(-c5ccc(-c6cc7ccccc7s6)cc5)nc(-c5ccc6c(c5)oc5ccccc56)n4)ccc3c2)cc1. The number of thiophene rings is 1. The molecule has 3 aromatic heterocycles. The van der Waals surface area contributed by atoms with Gasteiger partial charge in [-0.05, 0) is 75.3 Å². The highest BCUT2D eigenvalue weighted by molar-refractivity contribution is 7.22. The van der Waals surface area contributed by atoms with Gasteiger partial charge in [-0.15, -0.1) is 11.3 Å². The second-order valence-electron chi connectivity index (χ2n) is 12.5. The summed E-state index contributed by atoms with van der Waals surface area (Å²) in [7, 11) is 0. The number of fused-ring (bicyclic) bond motifs is 5. The fraction of sp³-hybridized carbons (Fsp3) is 0. The van der Waals surface area contributed by atoms with Gasteiger partial charge in [0.1, 0.15) is 11.2 Å². The topological polar surface area (TPSA) is 51.8 Å². The Morgan fingerprint density at radius 2 is 0.940 bits per heavy atom. The first kappa shape index (κ1) is 28.6. The van der Waals surface area contributed by atoms with Crippen LogP contribution in [0.3, 0.4) is 0 Å². The number of aromatic nitrogens is 3. The minimum absolute atomic E-state index is 0.598. The molecule has 0 N–H and O–H groups in total. The van der Waals surface area contributed by atoms with E-state index in [1.807, 2.05) is 30.3 Å². The predicted octanol–water partition coefficient (Wildman–Crippen LogP) is 12.5. The van der Waals surface area contributed by atoms with E-state index < -0.39 is 0 Å². The van der Waals surface area contributed by atoms with Crippen LogP contribution in [0.5, 0.6) is 0 Å². The lowest BCUT2D eigenvalue weighted by Crippen LogP contribution is -2.00. The first-order valence-corrected chi connectivity index (χ1v) is 17.4. The summed E-state index contributed by atoms with van der Waals surface area (Å²) in [6, 6.07) is 57.1. The Morgan fingerprint density at radius 3 is 1.74 bits per heavy atom. The van der Waals surface area contributed by atoms with E-state index in [-0.39, 0.29) is 0 Å². The minimum atomic E-state index is 0.598. The van der Waals surface area contributed by atoms with Gasteiger partial charge in [0.05, 0.1) is 0 Å². The maximum Gasteiger partial charge on any atom is 0.164 e. The Morgan fingerprint density at radius 1 is 0.360 bits per heavy atom. The Hall–Kier alpha value is -6.43. The molecule has 5 heteroatoms. The van der Waals surface area contributed by atoms with Crippen molar-refractivity contribution in [2.24, 2.45) is 0 Å². The molecule has 10 rings (SSSR count). The average molecular weight is 658 g/mol. The van der Waals surface area contributed by atoms with Crippen LogP contribution in [0.4, 0.5) is 0 Å². The average Bonchev–Trinajstić information content (AvgIpc) is 3.79. The van der Waals surface area contributed by atoms with Gasteiger partial charge in [-0.3, -0.25) is 0 Å². The number of hydrogen-bond donors (Lipinski definition) is 0. The van der Waals surface area contributed by atoms with Crippen LogP contribution in [0, 0.1) is 0 Å². The third-order valence-electron chi connectivity index (χ3n) is 9.33. The van der Waals surface area contributed by atoms with Crippen LogP contribution in [0.15, 0.2) is 168 Å². The molecule has 0 aliphatic rings. The van der Waals surface area contributed by atoms with E-state index in [9.17, 15) is 0 Å². The summed E-state index contributed by atoms with van der Waals surface area (Å²) in [6.07, 6.45) is 0. The summed E-state index contributed by atoms with van der Waals surface area (Å²) in [5.41, 5.74) is 7.96. The second kappa shape index (κ2) is 11.6. The van der Waals surface area contributed by atoms with Crippen LogP contribution in [0.1, 0.15) is 0 Å². The fourth-order valence-corrected chi connectivity index (χ4v) is 7.80. The maximum absolute atomic E-state index is 6.24. The largest absolute Gasteiger partial charge is 0.456 e. The number of rotatable bonds is 5. The van der Waals surface area contributed by atoms with Crippen LogP contribution in [-0.4, -0.2) is 15.0 Å². The van der Waals surface area contributed by atoms with Gasteiger partial charge in [0.25, 0.3) is 0 Å².